The molecule has 0 heterocycles. The van der Waals surface area contributed by atoms with Gasteiger partial charge < -0.3 is 0 Å². The summed E-state index contributed by atoms with van der Waals surface area (Å²) in [5.41, 5.74) is -5.40. The molecule has 0 atom stereocenters. The molecular weight excluding hydrogens is 281 g/mol. The molecule has 0 rings (SSSR count). The van der Waals surface area contributed by atoms with E-state index in [0.717, 1.165) is 0 Å². The van der Waals surface area contributed by atoms with Crippen molar-refractivity contribution in [2.45, 2.75) is 19.4 Å². The lowest BCUT2D eigenvalue weighted by Crippen LogP contribution is -2.32. The van der Waals surface area contributed by atoms with Gasteiger partial charge in [0.15, 0.2) is 0 Å². The molecule has 0 fully saturated rings. The third-order valence-electron chi connectivity index (χ3n) is 1.73. The molecule has 0 radical (unpaired) electrons. The van der Waals surface area contributed by atoms with Gasteiger partial charge in [0.1, 0.15) is 5.78 Å². The summed E-state index contributed by atoms with van der Waals surface area (Å²) in [4.78, 5) is 11.4. The van der Waals surface area contributed by atoms with E-state index in [9.17, 15) is 26.4 Å². The molecule has 0 unspecified atom stereocenters. The number of carbonyl (C=O) groups is 1. The Balaban J connectivity index is 4.84. The second-order valence-corrected chi connectivity index (χ2v) is 9.50. The highest BCUT2D eigenvalue weighted by atomic mass is 32.3. The zero-order valence-corrected chi connectivity index (χ0v) is 11.5. The minimum atomic E-state index is -5.52. The molecule has 0 aromatic heterocycles. The van der Waals surface area contributed by atoms with Crippen LogP contribution >= 0.6 is 10.3 Å². The summed E-state index contributed by atoms with van der Waals surface area (Å²) in [6.45, 7) is 3.19. The summed E-state index contributed by atoms with van der Waals surface area (Å²) in [6.07, 6.45) is 2.52. The SMILES string of the molecule is CC(C)C(=O)CS(C)(C)[OH+]S(=O)(=O)C(F)(F)F. The highest BCUT2D eigenvalue weighted by Gasteiger charge is 2.55. The smallest absolute Gasteiger partial charge is 0.298 e. The lowest BCUT2D eigenvalue weighted by molar-refractivity contribution is -0.119. The van der Waals surface area contributed by atoms with Crippen molar-refractivity contribution in [2.24, 2.45) is 5.92 Å². The lowest BCUT2D eigenvalue weighted by atomic mass is 10.1. The van der Waals surface area contributed by atoms with Gasteiger partial charge in [0.25, 0.3) is 0 Å². The Morgan fingerprint density at radius 2 is 1.65 bits per heavy atom. The van der Waals surface area contributed by atoms with Crippen LogP contribution in [-0.4, -0.2) is 41.6 Å². The van der Waals surface area contributed by atoms with Crippen LogP contribution < -0.4 is 0 Å². The second kappa shape index (κ2) is 5.15. The summed E-state index contributed by atoms with van der Waals surface area (Å²) in [6, 6.07) is 0. The van der Waals surface area contributed by atoms with Gasteiger partial charge in [-0.25, -0.2) is 0 Å². The molecule has 104 valence electrons. The van der Waals surface area contributed by atoms with Crippen LogP contribution in [0.4, 0.5) is 13.2 Å². The fourth-order valence-electron chi connectivity index (χ4n) is 0.849. The van der Waals surface area contributed by atoms with Crippen LogP contribution in [0.15, 0.2) is 0 Å². The highest BCUT2D eigenvalue weighted by molar-refractivity contribution is 8.31. The number of hydrogen-bond donors (Lipinski definition) is 0. The third kappa shape index (κ3) is 5.26. The second-order valence-electron chi connectivity index (χ2n) is 4.24. The molecule has 0 spiro atoms. The zero-order valence-electron chi connectivity index (χ0n) is 9.91. The lowest BCUT2D eigenvalue weighted by Gasteiger charge is -2.25. The number of ketones is 1. The molecule has 0 aliphatic carbocycles. The van der Waals surface area contributed by atoms with Gasteiger partial charge in [0.2, 0.25) is 0 Å². The standard InChI is InChI=1S/C8H15F3O4S2/c1-6(2)7(12)5-16(3,4)15-17(13,14)8(9,10)11/h6H,5H2,1-4H3/p+1. The molecule has 0 saturated heterocycles. The molecule has 0 bridgehead atoms. The Hall–Kier alpha value is -0.280. The zero-order chi connectivity index (χ0) is 14.1. The number of halogens is 3. The molecule has 9 heteroatoms. The maximum atomic E-state index is 12.1. The van der Waals surface area contributed by atoms with Crippen LogP contribution in [0, 0.1) is 5.92 Å². The first-order chi connectivity index (χ1) is 7.28. The molecule has 1 N–H and O–H groups in total. The quantitative estimate of drug-likeness (QED) is 0.443. The van der Waals surface area contributed by atoms with E-state index < -0.39 is 25.9 Å². The molecule has 0 aliphatic heterocycles. The number of alkyl halides is 3. The van der Waals surface area contributed by atoms with Crippen LogP contribution in [0.5, 0.6) is 0 Å². The van der Waals surface area contributed by atoms with E-state index in [0.29, 0.717) is 0 Å². The average molecular weight is 297 g/mol. The Labute approximate surface area is 100 Å². The third-order valence-corrected chi connectivity index (χ3v) is 5.71. The van der Waals surface area contributed by atoms with E-state index in [1.807, 2.05) is 0 Å². The minimum absolute atomic E-state index is 0.264. The first kappa shape index (κ1) is 16.7. The molecule has 4 nitrogen and oxygen atoms in total. The first-order valence-electron chi connectivity index (χ1n) is 4.58. The highest BCUT2D eigenvalue weighted by Crippen LogP contribution is 2.43. The Morgan fingerprint density at radius 1 is 1.24 bits per heavy atom. The number of rotatable bonds is 5. The van der Waals surface area contributed by atoms with Crippen molar-refractivity contribution in [1.29, 1.82) is 0 Å². The van der Waals surface area contributed by atoms with Crippen LogP contribution in [0.25, 0.3) is 0 Å². The summed E-state index contributed by atoms with van der Waals surface area (Å²) in [5, 5.41) is 0. The number of carbonyl (C=O) groups excluding carboxylic acids is 1. The Bertz CT molecular complexity index is 384. The van der Waals surface area contributed by atoms with Crippen LogP contribution in [0.1, 0.15) is 13.8 Å². The monoisotopic (exact) mass is 297 g/mol. The molecule has 0 amide bonds. The van der Waals surface area contributed by atoms with Crippen molar-refractivity contribution in [2.75, 3.05) is 18.3 Å². The Morgan fingerprint density at radius 3 is 1.94 bits per heavy atom. The van der Waals surface area contributed by atoms with E-state index >= 15 is 0 Å². The van der Waals surface area contributed by atoms with Gasteiger partial charge in [-0.1, -0.05) is 13.8 Å². The van der Waals surface area contributed by atoms with Crippen molar-refractivity contribution >= 4 is 26.2 Å². The van der Waals surface area contributed by atoms with Gasteiger partial charge in [-0.15, -0.1) is 8.42 Å². The van der Waals surface area contributed by atoms with E-state index in [2.05, 4.69) is 3.63 Å². The van der Waals surface area contributed by atoms with Crippen LogP contribution in [0.3, 0.4) is 0 Å². The molecule has 0 saturated carbocycles. The van der Waals surface area contributed by atoms with Gasteiger partial charge in [-0.2, -0.15) is 13.2 Å². The maximum Gasteiger partial charge on any atom is 0.572 e. The maximum absolute atomic E-state index is 12.1. The normalized spacial score (nSPS) is 15.1. The summed E-state index contributed by atoms with van der Waals surface area (Å²) < 4.78 is 60.8. The van der Waals surface area contributed by atoms with Crippen LogP contribution in [0.2, 0.25) is 0 Å². The largest absolute Gasteiger partial charge is 0.572 e. The van der Waals surface area contributed by atoms with Gasteiger partial charge in [-0.3, -0.25) is 8.42 Å². The van der Waals surface area contributed by atoms with E-state index in [1.54, 1.807) is 13.8 Å². The van der Waals surface area contributed by atoms with Crippen molar-refractivity contribution in [3.63, 3.8) is 0 Å². The number of Topliss-reactive ketones (excluding diaryl/α,β-unsaturated/α-hetero) is 1. The first-order valence-corrected chi connectivity index (χ1v) is 8.59. The number of hydrogen-bond acceptors (Lipinski definition) is 3. The molecule has 0 aromatic rings. The van der Waals surface area contributed by atoms with Crippen molar-refractivity contribution in [3.05, 3.63) is 0 Å². The van der Waals surface area contributed by atoms with Gasteiger partial charge in [0, 0.05) is 18.4 Å². The molecule has 17 heavy (non-hydrogen) atoms. The van der Waals surface area contributed by atoms with Crippen molar-refractivity contribution in [1.82, 2.24) is 0 Å². The van der Waals surface area contributed by atoms with E-state index in [1.165, 1.54) is 12.5 Å². The predicted octanol–water partition coefficient (Wildman–Crippen LogP) is 2.13. The summed E-state index contributed by atoms with van der Waals surface area (Å²) in [7, 11) is -8.02. The summed E-state index contributed by atoms with van der Waals surface area (Å²) >= 11 is 0. The van der Waals surface area contributed by atoms with Gasteiger partial charge in [0.05, 0.1) is 5.75 Å². The Kier molecular flexibility index (Phi) is 5.06. The van der Waals surface area contributed by atoms with Crippen molar-refractivity contribution in [3.8, 4) is 0 Å². The van der Waals surface area contributed by atoms with Gasteiger partial charge >= 0.3 is 15.6 Å². The fourth-order valence-corrected chi connectivity index (χ4v) is 4.55. The average Bonchev–Trinajstić information content (AvgIpc) is 1.97. The van der Waals surface area contributed by atoms with Crippen LogP contribution in [-0.2, 0) is 14.9 Å². The topological polar surface area (TPSA) is 64.0 Å². The molecular formula is C8H16F3O4S2+. The van der Waals surface area contributed by atoms with Crippen molar-refractivity contribution < 1.29 is 30.0 Å². The van der Waals surface area contributed by atoms with E-state index in [-0.39, 0.29) is 17.5 Å². The molecule has 0 aliphatic rings. The minimum Gasteiger partial charge on any atom is -0.298 e. The fraction of sp³-hybridized carbons (Fsp3) is 0.875. The predicted molar refractivity (Wildman–Crippen MR) is 61.8 cm³/mol. The van der Waals surface area contributed by atoms with Gasteiger partial charge in [-0.05, 0) is 10.3 Å². The molecule has 0 aromatic carbocycles. The van der Waals surface area contributed by atoms with E-state index in [4.69, 9.17) is 0 Å². The summed E-state index contributed by atoms with van der Waals surface area (Å²) in [5.74, 6) is -0.920.